The highest BCUT2D eigenvalue weighted by molar-refractivity contribution is 6.01. The lowest BCUT2D eigenvalue weighted by molar-refractivity contribution is 0.0932. The number of amides is 1. The van der Waals surface area contributed by atoms with Crippen LogP contribution in [0.15, 0.2) is 36.9 Å². The molecule has 0 saturated carbocycles. The molecule has 1 aliphatic heterocycles. The predicted molar refractivity (Wildman–Crippen MR) is 111 cm³/mol. The van der Waals surface area contributed by atoms with E-state index >= 15 is 0 Å². The second kappa shape index (κ2) is 7.27. The van der Waals surface area contributed by atoms with Crippen LogP contribution in [0.25, 0.3) is 16.8 Å². The Kier molecular flexibility index (Phi) is 4.42. The summed E-state index contributed by atoms with van der Waals surface area (Å²) < 4.78 is 21.2. The molecule has 0 spiro atoms. The Morgan fingerprint density at radius 2 is 2.19 bits per heavy atom. The van der Waals surface area contributed by atoms with Crippen LogP contribution in [0.2, 0.25) is 0 Å². The summed E-state index contributed by atoms with van der Waals surface area (Å²) in [6.07, 6.45) is 5.65. The van der Waals surface area contributed by atoms with E-state index in [9.17, 15) is 9.18 Å². The van der Waals surface area contributed by atoms with Crippen LogP contribution in [-0.2, 0) is 6.54 Å². The van der Waals surface area contributed by atoms with Gasteiger partial charge in [-0.25, -0.2) is 14.4 Å². The standard InChI is InChI=1S/C20H19FN8O2/c1-10-5-25-19(30)14-9-27-29-16(22)15(11-2-3-23-6-11)17(28-18(14)29)24-7-12-4-13(21)8-26-20(12)31-10/h2-4,6,8-10,23H,5,7,22H2,1H3,(H,24,28)(H,25,30)/t10-/m0/s1. The molecule has 1 atom stereocenters. The van der Waals surface area contributed by atoms with E-state index in [1.54, 1.807) is 19.3 Å². The Labute approximate surface area is 175 Å². The zero-order valence-corrected chi connectivity index (χ0v) is 16.5. The molecule has 0 unspecified atom stereocenters. The van der Waals surface area contributed by atoms with Crippen molar-refractivity contribution in [2.75, 3.05) is 17.6 Å². The van der Waals surface area contributed by atoms with Crippen LogP contribution in [0, 0.1) is 5.82 Å². The third-order valence-corrected chi connectivity index (χ3v) is 5.02. The lowest BCUT2D eigenvalue weighted by Gasteiger charge is -2.17. The first-order valence-electron chi connectivity index (χ1n) is 9.65. The van der Waals surface area contributed by atoms with Gasteiger partial charge in [-0.3, -0.25) is 4.79 Å². The van der Waals surface area contributed by atoms with Crippen LogP contribution in [0.4, 0.5) is 16.0 Å². The van der Waals surface area contributed by atoms with Gasteiger partial charge in [0.25, 0.3) is 5.91 Å². The molecule has 1 aliphatic rings. The molecule has 158 valence electrons. The number of hydrogen-bond acceptors (Lipinski definition) is 7. The monoisotopic (exact) mass is 422 g/mol. The summed E-state index contributed by atoms with van der Waals surface area (Å²) in [5, 5.41) is 10.3. The summed E-state index contributed by atoms with van der Waals surface area (Å²) >= 11 is 0. The number of aromatic amines is 1. The molecule has 5 heterocycles. The number of fused-ring (bicyclic) bond motifs is 2. The first-order chi connectivity index (χ1) is 15.0. The maximum absolute atomic E-state index is 13.9. The summed E-state index contributed by atoms with van der Waals surface area (Å²) in [5.74, 6) is 0.158. The molecule has 5 N–H and O–H groups in total. The molecule has 4 aromatic heterocycles. The van der Waals surface area contributed by atoms with Gasteiger partial charge in [-0.05, 0) is 19.1 Å². The first kappa shape index (κ1) is 18.9. The summed E-state index contributed by atoms with van der Waals surface area (Å²) in [7, 11) is 0. The van der Waals surface area contributed by atoms with Gasteiger partial charge >= 0.3 is 0 Å². The fourth-order valence-corrected chi connectivity index (χ4v) is 3.51. The van der Waals surface area contributed by atoms with Crippen molar-refractivity contribution >= 4 is 23.2 Å². The number of carbonyl (C=O) groups is 1. The van der Waals surface area contributed by atoms with Crippen LogP contribution < -0.4 is 21.1 Å². The van der Waals surface area contributed by atoms with E-state index in [4.69, 9.17) is 10.5 Å². The molecule has 0 aromatic carbocycles. The van der Waals surface area contributed by atoms with Crippen LogP contribution in [0.1, 0.15) is 22.8 Å². The van der Waals surface area contributed by atoms with E-state index in [1.807, 2.05) is 6.07 Å². The second-order valence-corrected chi connectivity index (χ2v) is 7.22. The minimum atomic E-state index is -0.485. The molecule has 0 saturated heterocycles. The Bertz CT molecular complexity index is 1280. The van der Waals surface area contributed by atoms with Crippen molar-refractivity contribution in [3.63, 3.8) is 0 Å². The van der Waals surface area contributed by atoms with Crippen molar-refractivity contribution in [1.29, 1.82) is 0 Å². The molecule has 2 bridgehead atoms. The van der Waals surface area contributed by atoms with Crippen LogP contribution >= 0.6 is 0 Å². The molecular weight excluding hydrogens is 403 g/mol. The Balaban J connectivity index is 1.70. The van der Waals surface area contributed by atoms with Crippen LogP contribution in [0.3, 0.4) is 0 Å². The highest BCUT2D eigenvalue weighted by atomic mass is 19.1. The number of halogens is 1. The number of carbonyl (C=O) groups excluding carboxylic acids is 1. The van der Waals surface area contributed by atoms with Gasteiger partial charge < -0.3 is 26.1 Å². The summed E-state index contributed by atoms with van der Waals surface area (Å²) in [5.41, 5.74) is 8.90. The van der Waals surface area contributed by atoms with E-state index < -0.39 is 11.9 Å². The van der Waals surface area contributed by atoms with Crippen molar-refractivity contribution < 1.29 is 13.9 Å². The van der Waals surface area contributed by atoms with E-state index in [-0.39, 0.29) is 30.4 Å². The maximum atomic E-state index is 13.9. The van der Waals surface area contributed by atoms with E-state index in [1.165, 1.54) is 16.8 Å². The highest BCUT2D eigenvalue weighted by Gasteiger charge is 2.23. The molecule has 0 radical (unpaired) electrons. The minimum absolute atomic E-state index is 0.178. The topological polar surface area (TPSA) is 135 Å². The van der Waals surface area contributed by atoms with Gasteiger partial charge in [0.1, 0.15) is 29.1 Å². The van der Waals surface area contributed by atoms with E-state index in [0.717, 1.165) is 11.8 Å². The minimum Gasteiger partial charge on any atom is -0.473 e. The third kappa shape index (κ3) is 3.29. The van der Waals surface area contributed by atoms with Crippen molar-refractivity contribution in [1.82, 2.24) is 29.9 Å². The lowest BCUT2D eigenvalue weighted by atomic mass is 10.1. The normalized spacial score (nSPS) is 16.5. The quantitative estimate of drug-likeness (QED) is 0.368. The van der Waals surface area contributed by atoms with Crippen molar-refractivity contribution in [3.8, 4) is 17.0 Å². The van der Waals surface area contributed by atoms with Crippen LogP contribution in [0.5, 0.6) is 5.88 Å². The van der Waals surface area contributed by atoms with E-state index in [0.29, 0.717) is 28.4 Å². The lowest BCUT2D eigenvalue weighted by Crippen LogP contribution is -2.33. The van der Waals surface area contributed by atoms with Gasteiger partial charge in [0, 0.05) is 30.1 Å². The number of rotatable bonds is 1. The number of nitrogens with two attached hydrogens (primary N) is 1. The van der Waals surface area contributed by atoms with Gasteiger partial charge in [0.15, 0.2) is 5.65 Å². The summed E-state index contributed by atoms with van der Waals surface area (Å²) in [6.45, 7) is 2.18. The second-order valence-electron chi connectivity index (χ2n) is 7.22. The molecule has 4 aromatic rings. The third-order valence-electron chi connectivity index (χ3n) is 5.02. The van der Waals surface area contributed by atoms with Gasteiger partial charge in [-0.15, -0.1) is 0 Å². The Morgan fingerprint density at radius 1 is 1.32 bits per heavy atom. The number of nitrogen functional groups attached to an aromatic ring is 1. The number of nitrogens with one attached hydrogen (secondary N) is 3. The zero-order chi connectivity index (χ0) is 21.5. The van der Waals surface area contributed by atoms with Crippen LogP contribution in [-0.4, -0.2) is 43.1 Å². The molecule has 0 aliphatic carbocycles. The molecule has 0 fully saturated rings. The maximum Gasteiger partial charge on any atom is 0.256 e. The number of aromatic nitrogens is 5. The molecule has 1 amide bonds. The Morgan fingerprint density at radius 3 is 3.00 bits per heavy atom. The van der Waals surface area contributed by atoms with Gasteiger partial charge in [-0.2, -0.15) is 9.61 Å². The first-order valence-corrected chi connectivity index (χ1v) is 9.65. The highest BCUT2D eigenvalue weighted by Crippen LogP contribution is 2.34. The number of anilines is 2. The number of ether oxygens (including phenoxy) is 1. The van der Waals surface area contributed by atoms with Gasteiger partial charge in [0.05, 0.1) is 24.5 Å². The smallest absolute Gasteiger partial charge is 0.256 e. The Hall–Kier alpha value is -4.15. The van der Waals surface area contributed by atoms with Crippen molar-refractivity contribution in [3.05, 3.63) is 53.9 Å². The SMILES string of the molecule is C[C@H]1CNC(=O)c2cnn3c(N)c(-c4cc[nH]c4)c(nc23)NCc2cc(F)cnc2O1. The largest absolute Gasteiger partial charge is 0.473 e. The predicted octanol–water partition coefficient (Wildman–Crippen LogP) is 1.96. The average molecular weight is 422 g/mol. The van der Waals surface area contributed by atoms with Crippen molar-refractivity contribution in [2.24, 2.45) is 0 Å². The summed E-state index contributed by atoms with van der Waals surface area (Å²) in [4.78, 5) is 24.5. The molecular formula is C20H19FN8O2. The number of pyridine rings is 1. The molecule has 31 heavy (non-hydrogen) atoms. The summed E-state index contributed by atoms with van der Waals surface area (Å²) in [6, 6.07) is 3.19. The van der Waals surface area contributed by atoms with Gasteiger partial charge in [-0.1, -0.05) is 0 Å². The number of H-pyrrole nitrogens is 1. The van der Waals surface area contributed by atoms with Crippen molar-refractivity contribution in [2.45, 2.75) is 19.6 Å². The average Bonchev–Trinajstić information content (AvgIpc) is 3.42. The molecule has 10 nitrogen and oxygen atoms in total. The molecule has 11 heteroatoms. The number of hydrogen-bond donors (Lipinski definition) is 4. The fraction of sp³-hybridized carbons (Fsp3) is 0.200. The fourth-order valence-electron chi connectivity index (χ4n) is 3.51. The zero-order valence-electron chi connectivity index (χ0n) is 16.5. The number of nitrogens with zero attached hydrogens (tertiary/aromatic N) is 4. The molecule has 5 rings (SSSR count). The van der Waals surface area contributed by atoms with Gasteiger partial charge in [0.2, 0.25) is 5.88 Å². The van der Waals surface area contributed by atoms with E-state index in [2.05, 4.69) is 30.7 Å².